The van der Waals surface area contributed by atoms with E-state index in [2.05, 4.69) is 5.10 Å². The van der Waals surface area contributed by atoms with Crippen molar-refractivity contribution in [2.45, 2.75) is 17.0 Å². The molecule has 118 valence electrons. The predicted molar refractivity (Wildman–Crippen MR) is 77.7 cm³/mol. The SMILES string of the molecule is Cn1nc(C(F)(F)F)c(C(N)=O)c1SCc1ccccc1Cl. The summed E-state index contributed by atoms with van der Waals surface area (Å²) in [5.74, 6) is -0.876. The van der Waals surface area contributed by atoms with Gasteiger partial charge in [-0.2, -0.15) is 18.3 Å². The molecule has 4 nitrogen and oxygen atoms in total. The molecule has 0 aliphatic heterocycles. The number of aromatic nitrogens is 2. The highest BCUT2D eigenvalue weighted by Gasteiger charge is 2.40. The van der Waals surface area contributed by atoms with Gasteiger partial charge in [0.15, 0.2) is 5.69 Å². The Bertz CT molecular complexity index is 715. The Morgan fingerprint density at radius 3 is 2.59 bits per heavy atom. The zero-order valence-electron chi connectivity index (χ0n) is 11.3. The number of aryl methyl sites for hydroxylation is 1. The van der Waals surface area contributed by atoms with Crippen molar-refractivity contribution in [2.75, 3.05) is 0 Å². The van der Waals surface area contributed by atoms with Crippen LogP contribution in [0, 0.1) is 0 Å². The first-order valence-electron chi connectivity index (χ1n) is 6.02. The Balaban J connectivity index is 2.37. The van der Waals surface area contributed by atoms with Crippen molar-refractivity contribution in [2.24, 2.45) is 12.8 Å². The topological polar surface area (TPSA) is 60.9 Å². The van der Waals surface area contributed by atoms with E-state index in [1.807, 2.05) is 0 Å². The highest BCUT2D eigenvalue weighted by Crippen LogP contribution is 2.37. The molecule has 0 aliphatic carbocycles. The van der Waals surface area contributed by atoms with Gasteiger partial charge in [0.25, 0.3) is 5.91 Å². The number of amides is 1. The molecule has 0 atom stereocenters. The fraction of sp³-hybridized carbons (Fsp3) is 0.231. The number of benzene rings is 1. The third-order valence-corrected chi connectivity index (χ3v) is 4.40. The van der Waals surface area contributed by atoms with E-state index in [9.17, 15) is 18.0 Å². The van der Waals surface area contributed by atoms with Gasteiger partial charge < -0.3 is 5.73 Å². The molecule has 2 rings (SSSR count). The summed E-state index contributed by atoms with van der Waals surface area (Å²) < 4.78 is 39.8. The molecule has 0 bridgehead atoms. The second kappa shape index (κ2) is 6.21. The Kier molecular flexibility index (Phi) is 4.72. The Hall–Kier alpha value is -1.67. The van der Waals surface area contributed by atoms with E-state index in [-0.39, 0.29) is 10.8 Å². The second-order valence-corrected chi connectivity index (χ2v) is 5.77. The number of carbonyl (C=O) groups excluding carboxylic acids is 1. The van der Waals surface area contributed by atoms with Crippen LogP contribution in [0.2, 0.25) is 5.02 Å². The van der Waals surface area contributed by atoms with Gasteiger partial charge in [0, 0.05) is 17.8 Å². The fourth-order valence-electron chi connectivity index (χ4n) is 1.86. The maximum Gasteiger partial charge on any atom is 0.436 e. The first-order valence-corrected chi connectivity index (χ1v) is 7.38. The molecule has 2 aromatic rings. The molecule has 9 heteroatoms. The number of primary amides is 1. The third kappa shape index (κ3) is 3.38. The van der Waals surface area contributed by atoms with Crippen molar-refractivity contribution in [1.82, 2.24) is 9.78 Å². The largest absolute Gasteiger partial charge is 0.436 e. The lowest BCUT2D eigenvalue weighted by atomic mass is 10.2. The summed E-state index contributed by atoms with van der Waals surface area (Å²) in [6.07, 6.45) is -4.74. The molecule has 0 fully saturated rings. The normalized spacial score (nSPS) is 11.7. The number of nitrogens with two attached hydrogens (primary N) is 1. The van der Waals surface area contributed by atoms with Crippen molar-refractivity contribution in [3.63, 3.8) is 0 Å². The van der Waals surface area contributed by atoms with E-state index in [4.69, 9.17) is 17.3 Å². The number of nitrogens with zero attached hydrogens (tertiary/aromatic N) is 2. The van der Waals surface area contributed by atoms with Crippen LogP contribution in [-0.4, -0.2) is 15.7 Å². The van der Waals surface area contributed by atoms with E-state index in [1.165, 1.54) is 7.05 Å². The summed E-state index contributed by atoms with van der Waals surface area (Å²) in [5, 5.41) is 3.92. The standard InChI is InChI=1S/C13H11ClF3N3OS/c1-20-12(22-6-7-4-2-3-5-8(7)14)9(11(18)21)10(19-20)13(15,16)17/h2-5H,6H2,1H3,(H2,18,21). The molecule has 22 heavy (non-hydrogen) atoms. The van der Waals surface area contributed by atoms with Crippen LogP contribution in [0.5, 0.6) is 0 Å². The predicted octanol–water partition coefficient (Wildman–Crippen LogP) is 3.48. The van der Waals surface area contributed by atoms with Crippen LogP contribution in [0.15, 0.2) is 29.3 Å². The third-order valence-electron chi connectivity index (χ3n) is 2.83. The monoisotopic (exact) mass is 349 g/mol. The molecule has 1 amide bonds. The van der Waals surface area contributed by atoms with E-state index in [0.717, 1.165) is 22.0 Å². The fourth-order valence-corrected chi connectivity index (χ4v) is 3.25. The maximum atomic E-state index is 12.9. The summed E-state index contributed by atoms with van der Waals surface area (Å²) in [5.41, 5.74) is 3.94. The molecule has 0 spiro atoms. The molecule has 1 heterocycles. The Labute approximate surface area is 133 Å². The van der Waals surface area contributed by atoms with Gasteiger partial charge in [-0.1, -0.05) is 29.8 Å². The number of halogens is 4. The lowest BCUT2D eigenvalue weighted by Gasteiger charge is -2.07. The quantitative estimate of drug-likeness (QED) is 0.860. The van der Waals surface area contributed by atoms with Gasteiger partial charge in [0.2, 0.25) is 0 Å². The van der Waals surface area contributed by atoms with Gasteiger partial charge in [-0.3, -0.25) is 9.48 Å². The van der Waals surface area contributed by atoms with E-state index < -0.39 is 23.3 Å². The van der Waals surface area contributed by atoms with E-state index in [1.54, 1.807) is 24.3 Å². The zero-order valence-corrected chi connectivity index (χ0v) is 12.9. The number of alkyl halides is 3. The van der Waals surface area contributed by atoms with Crippen LogP contribution in [0.4, 0.5) is 13.2 Å². The first kappa shape index (κ1) is 16.7. The van der Waals surface area contributed by atoms with Gasteiger partial charge in [-0.25, -0.2) is 0 Å². The van der Waals surface area contributed by atoms with E-state index in [0.29, 0.717) is 5.02 Å². The molecule has 1 aromatic heterocycles. The molecule has 0 saturated carbocycles. The Morgan fingerprint density at radius 2 is 2.05 bits per heavy atom. The van der Waals surface area contributed by atoms with Gasteiger partial charge in [0.1, 0.15) is 10.6 Å². The van der Waals surface area contributed by atoms with Crippen LogP contribution in [0.25, 0.3) is 0 Å². The molecule has 0 saturated heterocycles. The average molecular weight is 350 g/mol. The highest BCUT2D eigenvalue weighted by molar-refractivity contribution is 7.98. The minimum absolute atomic E-state index is 0.0553. The number of hydrogen-bond acceptors (Lipinski definition) is 3. The minimum atomic E-state index is -4.74. The van der Waals surface area contributed by atoms with E-state index >= 15 is 0 Å². The van der Waals surface area contributed by atoms with Crippen LogP contribution in [0.1, 0.15) is 21.6 Å². The van der Waals surface area contributed by atoms with Gasteiger partial charge in [0.05, 0.1) is 0 Å². The summed E-state index contributed by atoms with van der Waals surface area (Å²) >= 11 is 7.02. The molecular formula is C13H11ClF3N3OS. The minimum Gasteiger partial charge on any atom is -0.365 e. The van der Waals surface area contributed by atoms with Crippen molar-refractivity contribution < 1.29 is 18.0 Å². The van der Waals surface area contributed by atoms with Crippen molar-refractivity contribution >= 4 is 29.3 Å². The van der Waals surface area contributed by atoms with Crippen molar-refractivity contribution in [1.29, 1.82) is 0 Å². The second-order valence-electron chi connectivity index (χ2n) is 4.39. The lowest BCUT2D eigenvalue weighted by molar-refractivity contribution is -0.141. The van der Waals surface area contributed by atoms with Crippen LogP contribution in [0.3, 0.4) is 0 Å². The van der Waals surface area contributed by atoms with Gasteiger partial charge in [-0.15, -0.1) is 11.8 Å². The summed E-state index contributed by atoms with van der Waals surface area (Å²) in [7, 11) is 1.33. The molecule has 0 unspecified atom stereocenters. The molecule has 0 radical (unpaired) electrons. The summed E-state index contributed by atoms with van der Waals surface area (Å²) in [6, 6.07) is 6.94. The average Bonchev–Trinajstić information content (AvgIpc) is 2.75. The molecule has 2 N–H and O–H groups in total. The smallest absolute Gasteiger partial charge is 0.365 e. The molecule has 1 aromatic carbocycles. The lowest BCUT2D eigenvalue weighted by Crippen LogP contribution is -2.18. The van der Waals surface area contributed by atoms with Gasteiger partial charge in [-0.05, 0) is 11.6 Å². The molecule has 0 aliphatic rings. The summed E-state index contributed by atoms with van der Waals surface area (Å²) in [6.45, 7) is 0. The van der Waals surface area contributed by atoms with Crippen LogP contribution >= 0.6 is 23.4 Å². The number of rotatable bonds is 4. The maximum absolute atomic E-state index is 12.9. The zero-order chi connectivity index (χ0) is 16.5. The number of thioether (sulfide) groups is 1. The van der Waals surface area contributed by atoms with Crippen molar-refractivity contribution in [3.05, 3.63) is 46.1 Å². The number of hydrogen-bond donors (Lipinski definition) is 1. The first-order chi connectivity index (χ1) is 10.2. The highest BCUT2D eigenvalue weighted by atomic mass is 35.5. The van der Waals surface area contributed by atoms with Crippen LogP contribution < -0.4 is 5.73 Å². The molecular weight excluding hydrogens is 339 g/mol. The van der Waals surface area contributed by atoms with Gasteiger partial charge >= 0.3 is 6.18 Å². The van der Waals surface area contributed by atoms with Crippen LogP contribution in [-0.2, 0) is 19.0 Å². The summed E-state index contributed by atoms with van der Waals surface area (Å²) in [4.78, 5) is 11.4. The number of carbonyl (C=O) groups is 1. The Morgan fingerprint density at radius 1 is 1.41 bits per heavy atom. The van der Waals surface area contributed by atoms with Crippen molar-refractivity contribution in [3.8, 4) is 0 Å².